The lowest BCUT2D eigenvalue weighted by Crippen LogP contribution is -2.25. The molecule has 20 heavy (non-hydrogen) atoms. The van der Waals surface area contributed by atoms with E-state index in [-0.39, 0.29) is 5.91 Å². The van der Waals surface area contributed by atoms with E-state index >= 15 is 0 Å². The molecule has 0 aromatic heterocycles. The third-order valence-corrected chi connectivity index (χ3v) is 3.52. The predicted octanol–water partition coefficient (Wildman–Crippen LogP) is 3.20. The van der Waals surface area contributed by atoms with Crippen molar-refractivity contribution in [3.8, 4) is 0 Å². The predicted molar refractivity (Wildman–Crippen MR) is 83.1 cm³/mol. The second kappa shape index (κ2) is 6.44. The van der Waals surface area contributed by atoms with E-state index in [1.165, 1.54) is 0 Å². The van der Waals surface area contributed by atoms with Gasteiger partial charge in [-0.15, -0.1) is 0 Å². The third kappa shape index (κ3) is 3.75. The summed E-state index contributed by atoms with van der Waals surface area (Å²) in [5, 5.41) is 3.49. The summed E-state index contributed by atoms with van der Waals surface area (Å²) in [6.07, 6.45) is 0.769. The molecule has 0 atom stereocenters. The van der Waals surface area contributed by atoms with Crippen molar-refractivity contribution in [3.63, 3.8) is 0 Å². The van der Waals surface area contributed by atoms with Crippen LogP contribution in [-0.2, 0) is 6.42 Å². The van der Waals surface area contributed by atoms with Crippen molar-refractivity contribution in [2.45, 2.75) is 13.3 Å². The molecule has 0 unspecified atom stereocenters. The number of hydrogen-bond acceptors (Lipinski definition) is 2. The number of rotatable bonds is 4. The van der Waals surface area contributed by atoms with Crippen molar-refractivity contribution in [2.24, 2.45) is 0 Å². The normalized spacial score (nSPS) is 10.3. The summed E-state index contributed by atoms with van der Waals surface area (Å²) in [6.45, 7) is 2.49. The Morgan fingerprint density at radius 3 is 2.55 bits per heavy atom. The van der Waals surface area contributed by atoms with Crippen molar-refractivity contribution in [1.29, 1.82) is 0 Å². The summed E-state index contributed by atoms with van der Waals surface area (Å²) in [4.78, 5) is 12.0. The molecular weight excluding hydrogens is 272 g/mol. The fraction of sp³-hybridized carbons (Fsp3) is 0.188. The average molecular weight is 289 g/mol. The minimum absolute atomic E-state index is 0.109. The van der Waals surface area contributed by atoms with Gasteiger partial charge in [0.05, 0.1) is 0 Å². The average Bonchev–Trinajstić information content (AvgIpc) is 2.44. The third-order valence-electron chi connectivity index (χ3n) is 3.11. The molecule has 0 aliphatic heterocycles. The Balaban J connectivity index is 1.88. The van der Waals surface area contributed by atoms with Crippen molar-refractivity contribution >= 4 is 23.2 Å². The van der Waals surface area contributed by atoms with Crippen LogP contribution in [0.2, 0.25) is 5.02 Å². The van der Waals surface area contributed by atoms with E-state index < -0.39 is 0 Å². The molecule has 104 valence electrons. The molecule has 2 aromatic carbocycles. The second-order valence-electron chi connectivity index (χ2n) is 4.71. The number of amides is 1. The summed E-state index contributed by atoms with van der Waals surface area (Å²) in [5.74, 6) is -0.109. The lowest BCUT2D eigenvalue weighted by molar-refractivity contribution is 0.0954. The number of carbonyl (C=O) groups is 1. The van der Waals surface area contributed by atoms with Gasteiger partial charge in [0.25, 0.3) is 5.91 Å². The second-order valence-corrected chi connectivity index (χ2v) is 5.12. The summed E-state index contributed by atoms with van der Waals surface area (Å²) < 4.78 is 0. The number of benzene rings is 2. The highest BCUT2D eigenvalue weighted by molar-refractivity contribution is 6.31. The van der Waals surface area contributed by atoms with E-state index in [4.69, 9.17) is 17.3 Å². The first-order chi connectivity index (χ1) is 9.56. The number of nitrogens with one attached hydrogen (secondary N) is 1. The quantitative estimate of drug-likeness (QED) is 0.849. The Morgan fingerprint density at radius 2 is 1.90 bits per heavy atom. The van der Waals surface area contributed by atoms with Crippen LogP contribution in [0.25, 0.3) is 0 Å². The number of halogens is 1. The van der Waals surface area contributed by atoms with E-state index in [2.05, 4.69) is 5.32 Å². The van der Waals surface area contributed by atoms with Crippen LogP contribution in [0.5, 0.6) is 0 Å². The highest BCUT2D eigenvalue weighted by Gasteiger charge is 2.06. The molecule has 0 aliphatic carbocycles. The zero-order valence-electron chi connectivity index (χ0n) is 11.3. The molecule has 0 spiro atoms. The van der Waals surface area contributed by atoms with Crippen molar-refractivity contribution in [1.82, 2.24) is 5.32 Å². The van der Waals surface area contributed by atoms with Crippen molar-refractivity contribution in [2.75, 3.05) is 12.3 Å². The molecular formula is C16H17ClN2O. The van der Waals surface area contributed by atoms with E-state index in [1.54, 1.807) is 12.1 Å². The SMILES string of the molecule is Cc1ccc(C(=O)NCCc2ccc(N)cc2)cc1Cl. The van der Waals surface area contributed by atoms with Gasteiger partial charge in [0, 0.05) is 22.8 Å². The molecule has 0 radical (unpaired) electrons. The van der Waals surface area contributed by atoms with E-state index in [9.17, 15) is 4.79 Å². The molecule has 0 saturated carbocycles. The topological polar surface area (TPSA) is 55.1 Å². The standard InChI is InChI=1S/C16H17ClN2O/c1-11-2-5-13(10-15(11)17)16(20)19-9-8-12-3-6-14(18)7-4-12/h2-7,10H,8-9,18H2,1H3,(H,19,20). The maximum absolute atomic E-state index is 12.0. The van der Waals surface area contributed by atoms with E-state index in [1.807, 2.05) is 37.3 Å². The van der Waals surface area contributed by atoms with Gasteiger partial charge in [-0.2, -0.15) is 0 Å². The van der Waals surface area contributed by atoms with Gasteiger partial charge >= 0.3 is 0 Å². The highest BCUT2D eigenvalue weighted by Crippen LogP contribution is 2.16. The van der Waals surface area contributed by atoms with Gasteiger partial charge in [-0.25, -0.2) is 0 Å². The molecule has 0 fully saturated rings. The highest BCUT2D eigenvalue weighted by atomic mass is 35.5. The molecule has 4 heteroatoms. The van der Waals surface area contributed by atoms with Gasteiger partial charge in [-0.1, -0.05) is 29.8 Å². The zero-order valence-corrected chi connectivity index (χ0v) is 12.1. The first-order valence-corrected chi connectivity index (χ1v) is 6.83. The van der Waals surface area contributed by atoms with Gasteiger partial charge in [-0.05, 0) is 48.7 Å². The molecule has 0 heterocycles. The Bertz CT molecular complexity index is 608. The van der Waals surface area contributed by atoms with E-state index in [0.717, 1.165) is 23.2 Å². The van der Waals surface area contributed by atoms with Crippen LogP contribution in [-0.4, -0.2) is 12.5 Å². The Labute approximate surface area is 123 Å². The number of carbonyl (C=O) groups excluding carboxylic acids is 1. The maximum Gasteiger partial charge on any atom is 0.251 e. The zero-order chi connectivity index (χ0) is 14.5. The summed E-state index contributed by atoms with van der Waals surface area (Å²) in [6, 6.07) is 13.0. The molecule has 0 bridgehead atoms. The number of aryl methyl sites for hydroxylation is 1. The van der Waals surface area contributed by atoms with Crippen LogP contribution in [0.15, 0.2) is 42.5 Å². The summed E-state index contributed by atoms with van der Waals surface area (Å²) in [7, 11) is 0. The van der Waals surface area contributed by atoms with Crippen molar-refractivity contribution in [3.05, 3.63) is 64.2 Å². The monoisotopic (exact) mass is 288 g/mol. The lowest BCUT2D eigenvalue weighted by Gasteiger charge is -2.07. The van der Waals surface area contributed by atoms with Crippen LogP contribution in [0.1, 0.15) is 21.5 Å². The van der Waals surface area contributed by atoms with Gasteiger partial charge in [-0.3, -0.25) is 4.79 Å². The van der Waals surface area contributed by atoms with Crippen LogP contribution in [0.3, 0.4) is 0 Å². The number of nitrogen functional groups attached to an aromatic ring is 1. The molecule has 3 nitrogen and oxygen atoms in total. The first kappa shape index (κ1) is 14.4. The molecule has 0 aliphatic rings. The molecule has 2 aromatic rings. The molecule has 1 amide bonds. The Kier molecular flexibility index (Phi) is 4.64. The fourth-order valence-electron chi connectivity index (χ4n) is 1.84. The lowest BCUT2D eigenvalue weighted by atomic mass is 10.1. The smallest absolute Gasteiger partial charge is 0.251 e. The van der Waals surface area contributed by atoms with Gasteiger partial charge < -0.3 is 11.1 Å². The Hall–Kier alpha value is -2.00. The minimum Gasteiger partial charge on any atom is -0.399 e. The van der Waals surface area contributed by atoms with E-state index in [0.29, 0.717) is 17.1 Å². The number of anilines is 1. The van der Waals surface area contributed by atoms with Gasteiger partial charge in [0.2, 0.25) is 0 Å². The van der Waals surface area contributed by atoms with Crippen LogP contribution in [0.4, 0.5) is 5.69 Å². The maximum atomic E-state index is 12.0. The summed E-state index contributed by atoms with van der Waals surface area (Å²) in [5.41, 5.74) is 9.05. The number of nitrogens with two attached hydrogens (primary N) is 1. The molecule has 3 N–H and O–H groups in total. The van der Waals surface area contributed by atoms with Crippen LogP contribution < -0.4 is 11.1 Å². The first-order valence-electron chi connectivity index (χ1n) is 6.45. The van der Waals surface area contributed by atoms with Crippen LogP contribution >= 0.6 is 11.6 Å². The molecule has 0 saturated heterocycles. The number of hydrogen-bond donors (Lipinski definition) is 2. The van der Waals surface area contributed by atoms with Crippen LogP contribution in [0, 0.1) is 6.92 Å². The van der Waals surface area contributed by atoms with Crippen molar-refractivity contribution < 1.29 is 4.79 Å². The summed E-state index contributed by atoms with van der Waals surface area (Å²) >= 11 is 6.01. The fourth-order valence-corrected chi connectivity index (χ4v) is 2.02. The van der Waals surface area contributed by atoms with Gasteiger partial charge in [0.1, 0.15) is 0 Å². The Morgan fingerprint density at radius 1 is 1.20 bits per heavy atom. The largest absolute Gasteiger partial charge is 0.399 e. The molecule has 2 rings (SSSR count). The van der Waals surface area contributed by atoms with Gasteiger partial charge in [0.15, 0.2) is 0 Å². The minimum atomic E-state index is -0.109.